The SMILES string of the molecule is CNC(CCSC)CCC1CC1. The fourth-order valence-corrected chi connectivity index (χ4v) is 2.06. The Hall–Kier alpha value is 0.310. The smallest absolute Gasteiger partial charge is 0.00720 e. The van der Waals surface area contributed by atoms with Crippen LogP contribution in [0.5, 0.6) is 0 Å². The number of thioether (sulfide) groups is 1. The zero-order chi connectivity index (χ0) is 8.81. The fraction of sp³-hybridized carbons (Fsp3) is 1.00. The minimum Gasteiger partial charge on any atom is -0.317 e. The maximum absolute atomic E-state index is 3.41. The van der Waals surface area contributed by atoms with Crippen molar-refractivity contribution in [1.82, 2.24) is 5.32 Å². The third-order valence-electron chi connectivity index (χ3n) is 2.70. The van der Waals surface area contributed by atoms with Crippen molar-refractivity contribution in [3.05, 3.63) is 0 Å². The monoisotopic (exact) mass is 187 g/mol. The molecule has 1 N–H and O–H groups in total. The van der Waals surface area contributed by atoms with E-state index in [1.54, 1.807) is 0 Å². The second-order valence-corrected chi connectivity index (χ2v) is 4.77. The summed E-state index contributed by atoms with van der Waals surface area (Å²) in [4.78, 5) is 0. The highest BCUT2D eigenvalue weighted by molar-refractivity contribution is 7.98. The van der Waals surface area contributed by atoms with Crippen LogP contribution < -0.4 is 5.32 Å². The van der Waals surface area contributed by atoms with Gasteiger partial charge in [-0.3, -0.25) is 0 Å². The van der Waals surface area contributed by atoms with E-state index in [0.717, 1.165) is 12.0 Å². The van der Waals surface area contributed by atoms with Crippen LogP contribution in [0.15, 0.2) is 0 Å². The molecule has 0 saturated heterocycles. The molecule has 2 heteroatoms. The van der Waals surface area contributed by atoms with E-state index in [-0.39, 0.29) is 0 Å². The van der Waals surface area contributed by atoms with Crippen molar-refractivity contribution in [3.63, 3.8) is 0 Å². The lowest BCUT2D eigenvalue weighted by Crippen LogP contribution is -2.25. The van der Waals surface area contributed by atoms with Crippen LogP contribution in [-0.2, 0) is 0 Å². The standard InChI is InChI=1S/C10H21NS/c1-11-10(7-8-12-2)6-5-9-3-4-9/h9-11H,3-8H2,1-2H3. The maximum atomic E-state index is 3.41. The summed E-state index contributed by atoms with van der Waals surface area (Å²) >= 11 is 1.96. The second kappa shape index (κ2) is 5.87. The van der Waals surface area contributed by atoms with E-state index in [2.05, 4.69) is 18.6 Å². The lowest BCUT2D eigenvalue weighted by molar-refractivity contribution is 0.478. The minimum absolute atomic E-state index is 0.776. The van der Waals surface area contributed by atoms with Gasteiger partial charge in [0, 0.05) is 6.04 Å². The predicted molar refractivity (Wildman–Crippen MR) is 57.8 cm³/mol. The van der Waals surface area contributed by atoms with Crippen LogP contribution >= 0.6 is 11.8 Å². The molecule has 1 fully saturated rings. The van der Waals surface area contributed by atoms with Crippen molar-refractivity contribution >= 4 is 11.8 Å². The summed E-state index contributed by atoms with van der Waals surface area (Å²) in [7, 11) is 2.10. The topological polar surface area (TPSA) is 12.0 Å². The molecule has 1 nitrogen and oxygen atoms in total. The van der Waals surface area contributed by atoms with Crippen LogP contribution in [0, 0.1) is 5.92 Å². The van der Waals surface area contributed by atoms with Crippen molar-refractivity contribution in [2.45, 2.75) is 38.1 Å². The molecule has 1 unspecified atom stereocenters. The number of rotatable bonds is 7. The molecule has 0 bridgehead atoms. The molecular weight excluding hydrogens is 166 g/mol. The van der Waals surface area contributed by atoms with E-state index < -0.39 is 0 Å². The minimum atomic E-state index is 0.776. The molecule has 1 aliphatic rings. The zero-order valence-corrected chi connectivity index (χ0v) is 9.12. The Labute approximate surface area is 80.7 Å². The van der Waals surface area contributed by atoms with Gasteiger partial charge in [-0.05, 0) is 44.2 Å². The molecular formula is C10H21NS. The van der Waals surface area contributed by atoms with Crippen molar-refractivity contribution in [1.29, 1.82) is 0 Å². The van der Waals surface area contributed by atoms with Crippen LogP contribution in [-0.4, -0.2) is 25.1 Å². The van der Waals surface area contributed by atoms with Gasteiger partial charge in [-0.1, -0.05) is 12.8 Å². The molecule has 0 aromatic heterocycles. The van der Waals surface area contributed by atoms with Gasteiger partial charge in [0.15, 0.2) is 0 Å². The highest BCUT2D eigenvalue weighted by Crippen LogP contribution is 2.34. The van der Waals surface area contributed by atoms with Crippen LogP contribution in [0.25, 0.3) is 0 Å². The predicted octanol–water partition coefficient (Wildman–Crippen LogP) is 2.52. The quantitative estimate of drug-likeness (QED) is 0.657. The molecule has 0 aromatic carbocycles. The Morgan fingerprint density at radius 3 is 2.67 bits per heavy atom. The first kappa shape index (κ1) is 10.4. The zero-order valence-electron chi connectivity index (χ0n) is 8.31. The van der Waals surface area contributed by atoms with Gasteiger partial charge >= 0.3 is 0 Å². The summed E-state index contributed by atoms with van der Waals surface area (Å²) in [6.07, 6.45) is 9.37. The average molecular weight is 187 g/mol. The Balaban J connectivity index is 1.98. The average Bonchev–Trinajstić information content (AvgIpc) is 2.89. The fourth-order valence-electron chi connectivity index (χ4n) is 1.54. The Morgan fingerprint density at radius 2 is 2.17 bits per heavy atom. The molecule has 0 heterocycles. The molecule has 12 heavy (non-hydrogen) atoms. The summed E-state index contributed by atoms with van der Waals surface area (Å²) in [6.45, 7) is 0. The molecule has 1 rings (SSSR count). The molecule has 0 aliphatic heterocycles. The summed E-state index contributed by atoms with van der Waals surface area (Å²) in [5.41, 5.74) is 0. The first-order valence-electron chi connectivity index (χ1n) is 5.03. The van der Waals surface area contributed by atoms with Crippen LogP contribution in [0.1, 0.15) is 32.1 Å². The van der Waals surface area contributed by atoms with Crippen molar-refractivity contribution < 1.29 is 0 Å². The molecule has 1 saturated carbocycles. The molecule has 0 radical (unpaired) electrons. The highest BCUT2D eigenvalue weighted by atomic mass is 32.2. The van der Waals surface area contributed by atoms with Crippen LogP contribution in [0.3, 0.4) is 0 Å². The summed E-state index contributed by atoms with van der Waals surface area (Å²) in [5, 5.41) is 3.41. The highest BCUT2D eigenvalue weighted by Gasteiger charge is 2.21. The van der Waals surface area contributed by atoms with E-state index in [0.29, 0.717) is 0 Å². The lowest BCUT2D eigenvalue weighted by Gasteiger charge is -2.14. The largest absolute Gasteiger partial charge is 0.317 e. The normalized spacial score (nSPS) is 19.5. The number of nitrogens with one attached hydrogen (secondary N) is 1. The molecule has 72 valence electrons. The number of hydrogen-bond donors (Lipinski definition) is 1. The summed E-state index contributed by atoms with van der Waals surface area (Å²) < 4.78 is 0. The molecule has 0 aromatic rings. The van der Waals surface area contributed by atoms with Crippen LogP contribution in [0.4, 0.5) is 0 Å². The molecule has 0 amide bonds. The van der Waals surface area contributed by atoms with Crippen LogP contribution in [0.2, 0.25) is 0 Å². The van der Waals surface area contributed by atoms with Crippen molar-refractivity contribution in [3.8, 4) is 0 Å². The van der Waals surface area contributed by atoms with Gasteiger partial charge in [0.2, 0.25) is 0 Å². The molecule has 1 atom stereocenters. The van der Waals surface area contributed by atoms with E-state index >= 15 is 0 Å². The number of hydrogen-bond acceptors (Lipinski definition) is 2. The van der Waals surface area contributed by atoms with E-state index in [4.69, 9.17) is 0 Å². The van der Waals surface area contributed by atoms with E-state index in [9.17, 15) is 0 Å². The first-order valence-corrected chi connectivity index (χ1v) is 6.42. The Kier molecular flexibility index (Phi) is 5.08. The van der Waals surface area contributed by atoms with Crippen molar-refractivity contribution in [2.24, 2.45) is 5.92 Å². The Morgan fingerprint density at radius 1 is 1.42 bits per heavy atom. The van der Waals surface area contributed by atoms with Gasteiger partial charge in [-0.25, -0.2) is 0 Å². The van der Waals surface area contributed by atoms with Gasteiger partial charge in [-0.15, -0.1) is 0 Å². The molecule has 0 spiro atoms. The third-order valence-corrected chi connectivity index (χ3v) is 3.34. The lowest BCUT2D eigenvalue weighted by atomic mass is 10.1. The Bertz CT molecular complexity index is 112. The van der Waals surface area contributed by atoms with Gasteiger partial charge in [0.25, 0.3) is 0 Å². The summed E-state index contributed by atoms with van der Waals surface area (Å²) in [5.74, 6) is 2.39. The van der Waals surface area contributed by atoms with Gasteiger partial charge < -0.3 is 5.32 Å². The van der Waals surface area contributed by atoms with E-state index in [1.165, 1.54) is 37.9 Å². The molecule has 1 aliphatic carbocycles. The summed E-state index contributed by atoms with van der Waals surface area (Å²) in [6, 6.07) is 0.776. The van der Waals surface area contributed by atoms with Gasteiger partial charge in [0.1, 0.15) is 0 Å². The van der Waals surface area contributed by atoms with Crippen molar-refractivity contribution in [2.75, 3.05) is 19.1 Å². The van der Waals surface area contributed by atoms with Gasteiger partial charge in [0.05, 0.1) is 0 Å². The first-order chi connectivity index (χ1) is 5.86. The maximum Gasteiger partial charge on any atom is 0.00720 e. The van der Waals surface area contributed by atoms with E-state index in [1.807, 2.05) is 11.8 Å². The third kappa shape index (κ3) is 4.36. The van der Waals surface area contributed by atoms with Gasteiger partial charge in [-0.2, -0.15) is 11.8 Å². The second-order valence-electron chi connectivity index (χ2n) is 3.79.